The maximum absolute atomic E-state index is 12.0. The molecule has 0 radical (unpaired) electrons. The number of rotatable bonds is 6. The van der Waals surface area contributed by atoms with Crippen LogP contribution in [0.5, 0.6) is 0 Å². The molecule has 7 heteroatoms. The fourth-order valence-corrected chi connectivity index (χ4v) is 1.90. The molecule has 0 bridgehead atoms. The summed E-state index contributed by atoms with van der Waals surface area (Å²) in [5.41, 5.74) is 1.29. The summed E-state index contributed by atoms with van der Waals surface area (Å²) in [5, 5.41) is 5.71. The van der Waals surface area contributed by atoms with Crippen molar-refractivity contribution in [1.82, 2.24) is 20.5 Å². The summed E-state index contributed by atoms with van der Waals surface area (Å²) in [6, 6.07) is 3.08. The fourth-order valence-electron chi connectivity index (χ4n) is 1.67. The van der Waals surface area contributed by atoms with Gasteiger partial charge in [0.05, 0.1) is 0 Å². The zero-order valence-corrected chi connectivity index (χ0v) is 13.3. The molecular formula is C14H21ClN4O2. The Kier molecular flexibility index (Phi) is 6.94. The standard InChI is InChI=1S/C14H21ClN4O2/c1-4-5-11-8-10(9-12(15)18-11)13(20)16-6-7-17-14(21)19(2)3/h8-9H,4-7H2,1-3H3,(H,16,20)(H,17,21). The van der Waals surface area contributed by atoms with Crippen LogP contribution in [-0.2, 0) is 6.42 Å². The second-order valence-corrected chi connectivity index (χ2v) is 5.19. The molecular weight excluding hydrogens is 292 g/mol. The smallest absolute Gasteiger partial charge is 0.316 e. The maximum atomic E-state index is 12.0. The van der Waals surface area contributed by atoms with Gasteiger partial charge in [0.15, 0.2) is 0 Å². The molecule has 2 N–H and O–H groups in total. The summed E-state index contributed by atoms with van der Waals surface area (Å²) in [4.78, 5) is 28.9. The van der Waals surface area contributed by atoms with Gasteiger partial charge in [0.25, 0.3) is 5.91 Å². The van der Waals surface area contributed by atoms with E-state index in [0.717, 1.165) is 18.5 Å². The first-order valence-corrected chi connectivity index (χ1v) is 7.21. The Bertz CT molecular complexity index is 506. The zero-order valence-electron chi connectivity index (χ0n) is 12.6. The monoisotopic (exact) mass is 312 g/mol. The minimum Gasteiger partial charge on any atom is -0.350 e. The van der Waals surface area contributed by atoms with Crippen molar-refractivity contribution in [3.63, 3.8) is 0 Å². The van der Waals surface area contributed by atoms with Crippen molar-refractivity contribution in [1.29, 1.82) is 0 Å². The van der Waals surface area contributed by atoms with Gasteiger partial charge in [0, 0.05) is 38.4 Å². The van der Waals surface area contributed by atoms with Crippen LogP contribution in [0.1, 0.15) is 29.4 Å². The van der Waals surface area contributed by atoms with Crippen LogP contribution < -0.4 is 10.6 Å². The molecule has 1 aromatic rings. The average molecular weight is 313 g/mol. The van der Waals surface area contributed by atoms with E-state index in [1.54, 1.807) is 20.2 Å². The molecule has 1 rings (SSSR count). The topological polar surface area (TPSA) is 74.3 Å². The summed E-state index contributed by atoms with van der Waals surface area (Å²) in [6.07, 6.45) is 1.71. The highest BCUT2D eigenvalue weighted by Gasteiger charge is 2.09. The molecule has 6 nitrogen and oxygen atoms in total. The largest absolute Gasteiger partial charge is 0.350 e. The number of nitrogens with one attached hydrogen (secondary N) is 2. The molecule has 0 aliphatic rings. The van der Waals surface area contributed by atoms with Crippen molar-refractivity contribution in [2.75, 3.05) is 27.2 Å². The molecule has 1 heterocycles. The number of hydrogen-bond acceptors (Lipinski definition) is 3. The van der Waals surface area contributed by atoms with Crippen LogP contribution in [0.15, 0.2) is 12.1 Å². The third-order valence-corrected chi connectivity index (χ3v) is 2.90. The van der Waals surface area contributed by atoms with E-state index in [2.05, 4.69) is 15.6 Å². The van der Waals surface area contributed by atoms with E-state index in [4.69, 9.17) is 11.6 Å². The van der Waals surface area contributed by atoms with E-state index >= 15 is 0 Å². The van der Waals surface area contributed by atoms with E-state index < -0.39 is 0 Å². The van der Waals surface area contributed by atoms with Crippen LogP contribution in [0.4, 0.5) is 4.79 Å². The van der Waals surface area contributed by atoms with Gasteiger partial charge in [-0.05, 0) is 18.6 Å². The zero-order chi connectivity index (χ0) is 15.8. The van der Waals surface area contributed by atoms with Crippen molar-refractivity contribution < 1.29 is 9.59 Å². The average Bonchev–Trinajstić information content (AvgIpc) is 2.42. The molecule has 0 unspecified atom stereocenters. The summed E-state index contributed by atoms with van der Waals surface area (Å²) >= 11 is 5.91. The summed E-state index contributed by atoms with van der Waals surface area (Å²) in [5.74, 6) is -0.226. The lowest BCUT2D eigenvalue weighted by atomic mass is 10.1. The molecule has 0 aliphatic heterocycles. The van der Waals surface area contributed by atoms with E-state index in [1.807, 2.05) is 6.92 Å². The molecule has 0 aromatic carbocycles. The quantitative estimate of drug-likeness (QED) is 0.620. The highest BCUT2D eigenvalue weighted by atomic mass is 35.5. The Balaban J connectivity index is 2.50. The molecule has 116 valence electrons. The van der Waals surface area contributed by atoms with Crippen LogP contribution >= 0.6 is 11.6 Å². The molecule has 0 aliphatic carbocycles. The van der Waals surface area contributed by atoms with Crippen LogP contribution in [-0.4, -0.2) is 49.0 Å². The van der Waals surface area contributed by atoms with Gasteiger partial charge in [-0.25, -0.2) is 9.78 Å². The number of nitrogens with zero attached hydrogens (tertiary/aromatic N) is 2. The molecule has 0 atom stereocenters. The second-order valence-electron chi connectivity index (χ2n) is 4.80. The summed E-state index contributed by atoms with van der Waals surface area (Å²) in [7, 11) is 3.31. The number of aromatic nitrogens is 1. The third kappa shape index (κ3) is 5.99. The van der Waals surface area contributed by atoms with Gasteiger partial charge >= 0.3 is 6.03 Å². The molecule has 0 saturated heterocycles. The minimum atomic E-state index is -0.226. The van der Waals surface area contributed by atoms with Gasteiger partial charge in [0.2, 0.25) is 0 Å². The Hall–Kier alpha value is -1.82. The van der Waals surface area contributed by atoms with E-state index in [9.17, 15) is 9.59 Å². The number of hydrogen-bond donors (Lipinski definition) is 2. The predicted octanol–water partition coefficient (Wildman–Crippen LogP) is 1.69. The number of amides is 3. The van der Waals surface area contributed by atoms with E-state index in [0.29, 0.717) is 23.8 Å². The number of carbonyl (C=O) groups is 2. The predicted molar refractivity (Wildman–Crippen MR) is 82.7 cm³/mol. The van der Waals surface area contributed by atoms with Gasteiger partial charge in [0.1, 0.15) is 5.15 Å². The lowest BCUT2D eigenvalue weighted by Crippen LogP contribution is -2.39. The van der Waals surface area contributed by atoms with Crippen molar-refractivity contribution >= 4 is 23.5 Å². The number of aryl methyl sites for hydroxylation is 1. The maximum Gasteiger partial charge on any atom is 0.316 e. The number of urea groups is 1. The number of pyridine rings is 1. The third-order valence-electron chi connectivity index (χ3n) is 2.71. The Morgan fingerprint density at radius 3 is 2.52 bits per heavy atom. The van der Waals surface area contributed by atoms with Gasteiger partial charge in [-0.1, -0.05) is 24.9 Å². The SMILES string of the molecule is CCCc1cc(C(=O)NCCNC(=O)N(C)C)cc(Cl)n1. The van der Waals surface area contributed by atoms with Crippen molar-refractivity contribution in [3.8, 4) is 0 Å². The van der Waals surface area contributed by atoms with Crippen molar-refractivity contribution in [3.05, 3.63) is 28.5 Å². The molecule has 0 spiro atoms. The Morgan fingerprint density at radius 2 is 1.90 bits per heavy atom. The highest BCUT2D eigenvalue weighted by molar-refractivity contribution is 6.29. The molecule has 3 amide bonds. The minimum absolute atomic E-state index is 0.193. The molecule has 0 saturated carbocycles. The lowest BCUT2D eigenvalue weighted by molar-refractivity contribution is 0.0953. The fraction of sp³-hybridized carbons (Fsp3) is 0.500. The first-order chi connectivity index (χ1) is 9.93. The van der Waals surface area contributed by atoms with E-state index in [1.165, 1.54) is 11.0 Å². The van der Waals surface area contributed by atoms with Crippen LogP contribution in [0.3, 0.4) is 0 Å². The normalized spacial score (nSPS) is 10.1. The first kappa shape index (κ1) is 17.2. The highest BCUT2D eigenvalue weighted by Crippen LogP contribution is 2.12. The second kappa shape index (κ2) is 8.46. The van der Waals surface area contributed by atoms with Crippen molar-refractivity contribution in [2.45, 2.75) is 19.8 Å². The first-order valence-electron chi connectivity index (χ1n) is 6.83. The van der Waals surface area contributed by atoms with Gasteiger partial charge in [-0.3, -0.25) is 4.79 Å². The Morgan fingerprint density at radius 1 is 1.24 bits per heavy atom. The van der Waals surface area contributed by atoms with Crippen LogP contribution in [0.2, 0.25) is 5.15 Å². The van der Waals surface area contributed by atoms with Crippen molar-refractivity contribution in [2.24, 2.45) is 0 Å². The molecule has 0 fully saturated rings. The van der Waals surface area contributed by atoms with Crippen LogP contribution in [0.25, 0.3) is 0 Å². The molecule has 1 aromatic heterocycles. The van der Waals surface area contributed by atoms with E-state index in [-0.39, 0.29) is 11.9 Å². The summed E-state index contributed by atoms with van der Waals surface area (Å²) in [6.45, 7) is 2.75. The van der Waals surface area contributed by atoms with Crippen LogP contribution in [0, 0.1) is 0 Å². The lowest BCUT2D eigenvalue weighted by Gasteiger charge is -2.12. The molecule has 21 heavy (non-hydrogen) atoms. The summed E-state index contributed by atoms with van der Waals surface area (Å²) < 4.78 is 0. The van der Waals surface area contributed by atoms with Gasteiger partial charge in [-0.2, -0.15) is 0 Å². The van der Waals surface area contributed by atoms with Gasteiger partial charge < -0.3 is 15.5 Å². The number of carbonyl (C=O) groups excluding carboxylic acids is 2. The number of halogens is 1. The Labute approximate surface area is 129 Å². The van der Waals surface area contributed by atoms with Gasteiger partial charge in [-0.15, -0.1) is 0 Å².